The van der Waals surface area contributed by atoms with Crippen molar-refractivity contribution in [2.45, 2.75) is 32.9 Å². The van der Waals surface area contributed by atoms with Crippen LogP contribution >= 0.6 is 11.8 Å². The van der Waals surface area contributed by atoms with Crippen LogP contribution in [0.4, 0.5) is 0 Å². The molecular weight excluding hydrogens is 172 g/mol. The van der Waals surface area contributed by atoms with Crippen molar-refractivity contribution < 1.29 is 9.90 Å². The summed E-state index contributed by atoms with van der Waals surface area (Å²) in [5, 5.41) is 8.88. The highest BCUT2D eigenvalue weighted by atomic mass is 32.2. The lowest BCUT2D eigenvalue weighted by Crippen LogP contribution is -2.23. The van der Waals surface area contributed by atoms with E-state index in [0.717, 1.165) is 0 Å². The highest BCUT2D eigenvalue weighted by molar-refractivity contribution is 8.00. The second kappa shape index (κ2) is 4.87. The summed E-state index contributed by atoms with van der Waals surface area (Å²) in [4.78, 5) is 11.4. The Labute approximate surface area is 78.7 Å². The summed E-state index contributed by atoms with van der Waals surface area (Å²) in [5.74, 6) is 0.749. The second-order valence-electron chi connectivity index (χ2n) is 3.98. The molecule has 0 saturated carbocycles. The van der Waals surface area contributed by atoms with Crippen molar-refractivity contribution in [3.05, 3.63) is 0 Å². The van der Waals surface area contributed by atoms with Gasteiger partial charge in [0.25, 0.3) is 0 Å². The highest BCUT2D eigenvalue weighted by Gasteiger charge is 2.21. The van der Waals surface area contributed by atoms with Crippen molar-refractivity contribution >= 4 is 17.5 Å². The summed E-state index contributed by atoms with van der Waals surface area (Å²) < 4.78 is 0. The lowest BCUT2D eigenvalue weighted by atomic mass is 9.92. The summed E-state index contributed by atoms with van der Waals surface area (Å²) >= 11 is 1.51. The number of ketones is 1. The van der Waals surface area contributed by atoms with Gasteiger partial charge in [-0.1, -0.05) is 27.7 Å². The van der Waals surface area contributed by atoms with Crippen LogP contribution in [0.3, 0.4) is 0 Å². The molecule has 0 aromatic rings. The van der Waals surface area contributed by atoms with Crippen LogP contribution in [0.5, 0.6) is 0 Å². The smallest absolute Gasteiger partial charge is 0.148 e. The van der Waals surface area contributed by atoms with Gasteiger partial charge in [0.05, 0.1) is 12.4 Å². The van der Waals surface area contributed by atoms with Gasteiger partial charge < -0.3 is 5.11 Å². The molecule has 0 spiro atoms. The zero-order valence-electron chi connectivity index (χ0n) is 8.26. The molecule has 3 heteroatoms. The predicted octanol–water partition coefficient (Wildman–Crippen LogP) is 1.72. The van der Waals surface area contributed by atoms with E-state index in [0.29, 0.717) is 5.75 Å². The van der Waals surface area contributed by atoms with Crippen molar-refractivity contribution in [3.8, 4) is 0 Å². The first-order valence-electron chi connectivity index (χ1n) is 4.13. The Morgan fingerprint density at radius 2 is 2.00 bits per heavy atom. The number of rotatable bonds is 4. The summed E-state index contributed by atoms with van der Waals surface area (Å²) in [6.07, 6.45) is 0. The summed E-state index contributed by atoms with van der Waals surface area (Å²) in [6, 6.07) is 0. The van der Waals surface area contributed by atoms with Gasteiger partial charge >= 0.3 is 0 Å². The first kappa shape index (κ1) is 12.0. The third-order valence-corrected chi connectivity index (χ3v) is 2.74. The van der Waals surface area contributed by atoms with E-state index in [4.69, 9.17) is 5.11 Å². The molecule has 0 aliphatic heterocycles. The molecule has 0 saturated heterocycles. The summed E-state index contributed by atoms with van der Waals surface area (Å²) in [5.41, 5.74) is -0.248. The minimum absolute atomic E-state index is 0.141. The molecule has 2 nitrogen and oxygen atoms in total. The number of aliphatic hydroxyl groups is 1. The van der Waals surface area contributed by atoms with Crippen molar-refractivity contribution in [1.82, 2.24) is 0 Å². The minimum atomic E-state index is -0.248. The molecular formula is C9H18O2S. The topological polar surface area (TPSA) is 37.3 Å². The van der Waals surface area contributed by atoms with Gasteiger partial charge in [0.15, 0.2) is 0 Å². The predicted molar refractivity (Wildman–Crippen MR) is 53.5 cm³/mol. The number of carbonyl (C=O) groups is 1. The van der Waals surface area contributed by atoms with Crippen LogP contribution in [0.15, 0.2) is 0 Å². The van der Waals surface area contributed by atoms with E-state index >= 15 is 0 Å². The molecule has 0 heterocycles. The maximum atomic E-state index is 11.4. The Morgan fingerprint density at radius 1 is 1.50 bits per heavy atom. The monoisotopic (exact) mass is 190 g/mol. The Bertz CT molecular complexity index is 149. The first-order chi connectivity index (χ1) is 5.38. The SMILES string of the molecule is CC(CO)SCC(=O)C(C)(C)C. The van der Waals surface area contributed by atoms with E-state index in [-0.39, 0.29) is 23.1 Å². The quantitative estimate of drug-likeness (QED) is 0.733. The number of thioether (sulfide) groups is 1. The molecule has 0 bridgehead atoms. The standard InChI is InChI=1S/C9H18O2S/c1-7(5-10)12-6-8(11)9(2,3)4/h7,10H,5-6H2,1-4H3. The Balaban J connectivity index is 3.73. The van der Waals surface area contributed by atoms with Crippen molar-refractivity contribution in [2.75, 3.05) is 12.4 Å². The molecule has 0 aliphatic rings. The van der Waals surface area contributed by atoms with Gasteiger partial charge in [-0.15, -0.1) is 11.8 Å². The zero-order valence-corrected chi connectivity index (χ0v) is 9.07. The molecule has 0 radical (unpaired) electrons. The Kier molecular flexibility index (Phi) is 4.87. The molecule has 0 aromatic heterocycles. The molecule has 12 heavy (non-hydrogen) atoms. The molecule has 0 aliphatic carbocycles. The molecule has 1 unspecified atom stereocenters. The van der Waals surface area contributed by atoms with Crippen molar-refractivity contribution in [1.29, 1.82) is 0 Å². The van der Waals surface area contributed by atoms with Gasteiger partial charge in [-0.25, -0.2) is 0 Å². The maximum Gasteiger partial charge on any atom is 0.148 e. The molecule has 72 valence electrons. The van der Waals surface area contributed by atoms with Gasteiger partial charge in [-0.05, 0) is 0 Å². The molecule has 1 atom stereocenters. The van der Waals surface area contributed by atoms with E-state index in [1.165, 1.54) is 11.8 Å². The van der Waals surface area contributed by atoms with Crippen LogP contribution in [0, 0.1) is 5.41 Å². The average molecular weight is 190 g/mol. The molecule has 0 amide bonds. The van der Waals surface area contributed by atoms with Crippen LogP contribution in [0.1, 0.15) is 27.7 Å². The first-order valence-corrected chi connectivity index (χ1v) is 5.18. The molecule has 0 fully saturated rings. The van der Waals surface area contributed by atoms with Crippen molar-refractivity contribution in [2.24, 2.45) is 5.41 Å². The van der Waals surface area contributed by atoms with E-state index in [2.05, 4.69) is 0 Å². The van der Waals surface area contributed by atoms with Gasteiger partial charge in [0.1, 0.15) is 5.78 Å². The largest absolute Gasteiger partial charge is 0.395 e. The fourth-order valence-corrected chi connectivity index (χ4v) is 1.46. The Morgan fingerprint density at radius 3 is 2.33 bits per heavy atom. The van der Waals surface area contributed by atoms with E-state index in [1.807, 2.05) is 27.7 Å². The van der Waals surface area contributed by atoms with Gasteiger partial charge in [0.2, 0.25) is 0 Å². The van der Waals surface area contributed by atoms with E-state index < -0.39 is 0 Å². The fourth-order valence-electron chi connectivity index (χ4n) is 0.487. The molecule has 0 aromatic carbocycles. The number of hydrogen-bond acceptors (Lipinski definition) is 3. The number of carbonyl (C=O) groups excluding carboxylic acids is 1. The van der Waals surface area contributed by atoms with Crippen LogP contribution in [0.2, 0.25) is 0 Å². The summed E-state index contributed by atoms with van der Waals surface area (Å²) in [6.45, 7) is 7.81. The number of hydrogen-bond donors (Lipinski definition) is 1. The molecule has 0 rings (SSSR count). The zero-order chi connectivity index (χ0) is 9.78. The highest BCUT2D eigenvalue weighted by Crippen LogP contribution is 2.19. The fraction of sp³-hybridized carbons (Fsp3) is 0.889. The van der Waals surface area contributed by atoms with Gasteiger partial charge in [-0.2, -0.15) is 0 Å². The molecule has 1 N–H and O–H groups in total. The van der Waals surface area contributed by atoms with E-state index in [9.17, 15) is 4.79 Å². The van der Waals surface area contributed by atoms with Crippen LogP contribution in [0.25, 0.3) is 0 Å². The Hall–Kier alpha value is -0.0200. The van der Waals surface area contributed by atoms with Crippen LogP contribution in [-0.2, 0) is 4.79 Å². The average Bonchev–Trinajstić information content (AvgIpc) is 1.97. The van der Waals surface area contributed by atoms with Crippen LogP contribution in [-0.4, -0.2) is 28.5 Å². The lowest BCUT2D eigenvalue weighted by Gasteiger charge is -2.17. The third kappa shape index (κ3) is 4.78. The number of Topliss-reactive ketones (excluding diaryl/α,β-unsaturated/α-hetero) is 1. The van der Waals surface area contributed by atoms with E-state index in [1.54, 1.807) is 0 Å². The maximum absolute atomic E-state index is 11.4. The third-order valence-electron chi connectivity index (χ3n) is 1.59. The van der Waals surface area contributed by atoms with Gasteiger partial charge in [-0.3, -0.25) is 4.79 Å². The van der Waals surface area contributed by atoms with Crippen molar-refractivity contribution in [3.63, 3.8) is 0 Å². The lowest BCUT2D eigenvalue weighted by molar-refractivity contribution is -0.123. The summed E-state index contributed by atoms with van der Waals surface area (Å²) in [7, 11) is 0. The number of aliphatic hydroxyl groups excluding tert-OH is 1. The van der Waals surface area contributed by atoms with Gasteiger partial charge in [0, 0.05) is 10.7 Å². The second-order valence-corrected chi connectivity index (χ2v) is 5.40. The minimum Gasteiger partial charge on any atom is -0.395 e. The van der Waals surface area contributed by atoms with Crippen LogP contribution < -0.4 is 0 Å². The normalized spacial score (nSPS) is 14.4.